The van der Waals surface area contributed by atoms with Crippen molar-refractivity contribution in [3.8, 4) is 0 Å². The number of nitrogens with two attached hydrogens (primary N) is 2. The molecule has 168 valence electrons. The van der Waals surface area contributed by atoms with Crippen LogP contribution in [0.5, 0.6) is 0 Å². The van der Waals surface area contributed by atoms with E-state index in [4.69, 9.17) is 41.3 Å². The lowest BCUT2D eigenvalue weighted by Crippen LogP contribution is -2.28. The molecule has 4 rings (SSSR count). The molecular formula is C20H26B4N4O3S2. The summed E-state index contributed by atoms with van der Waals surface area (Å²) in [5.41, 5.74) is 8.59. The quantitative estimate of drug-likeness (QED) is 0.366. The third-order valence-corrected chi connectivity index (χ3v) is 7.84. The number of aryl methyl sites for hydroxylation is 2. The highest BCUT2D eigenvalue weighted by atomic mass is 32.2. The second-order valence-electron chi connectivity index (χ2n) is 8.63. The molecule has 1 atom stereocenters. The molecule has 1 aromatic carbocycles. The summed E-state index contributed by atoms with van der Waals surface area (Å²) in [5.74, 6) is 0. The van der Waals surface area contributed by atoms with E-state index in [9.17, 15) is 9.32 Å². The SMILES string of the molecule is CC(C)(O)c1ncc(S(N)=O)s1.NC=O.[B]C1([B])CCc2cc3c(c(NC)c21)C([B])([B])CC3. The van der Waals surface area contributed by atoms with Crippen molar-refractivity contribution < 1.29 is 14.1 Å². The fourth-order valence-electron chi connectivity index (χ4n) is 4.08. The van der Waals surface area contributed by atoms with Gasteiger partial charge in [-0.2, -0.15) is 0 Å². The Balaban J connectivity index is 0.000000223. The zero-order valence-electron chi connectivity index (χ0n) is 19.1. The second kappa shape index (κ2) is 10.4. The van der Waals surface area contributed by atoms with Gasteiger partial charge in [0.1, 0.15) is 25.8 Å². The van der Waals surface area contributed by atoms with Gasteiger partial charge in [-0.15, -0.1) is 11.3 Å². The molecule has 2 aromatic rings. The number of hydrogen-bond acceptors (Lipinski definition) is 6. The van der Waals surface area contributed by atoms with Crippen molar-refractivity contribution in [1.29, 1.82) is 0 Å². The average molecular weight is 478 g/mol. The third kappa shape index (κ3) is 6.12. The van der Waals surface area contributed by atoms with Crippen LogP contribution in [0.15, 0.2) is 16.5 Å². The summed E-state index contributed by atoms with van der Waals surface area (Å²) in [5, 5.41) is 16.8. The number of benzene rings is 1. The molecule has 2 aliphatic carbocycles. The lowest BCUT2D eigenvalue weighted by molar-refractivity contribution is -0.106. The van der Waals surface area contributed by atoms with Crippen LogP contribution in [-0.2, 0) is 44.7 Å². The molecule has 0 saturated carbocycles. The summed E-state index contributed by atoms with van der Waals surface area (Å²) in [6.45, 7) is 3.24. The van der Waals surface area contributed by atoms with Crippen molar-refractivity contribution in [2.45, 2.75) is 59.8 Å². The third-order valence-electron chi connectivity index (χ3n) is 5.49. The van der Waals surface area contributed by atoms with Crippen LogP contribution >= 0.6 is 11.3 Å². The van der Waals surface area contributed by atoms with Crippen molar-refractivity contribution in [3.05, 3.63) is 39.5 Å². The van der Waals surface area contributed by atoms with Crippen LogP contribution in [-0.4, -0.2) is 59.1 Å². The zero-order valence-corrected chi connectivity index (χ0v) is 20.7. The fourth-order valence-corrected chi connectivity index (χ4v) is 5.45. The Hall–Kier alpha value is -1.55. The van der Waals surface area contributed by atoms with Crippen molar-refractivity contribution in [2.75, 3.05) is 12.4 Å². The number of hydrogen-bond donors (Lipinski definition) is 4. The largest absolute Gasteiger partial charge is 0.388 e. The van der Waals surface area contributed by atoms with Crippen molar-refractivity contribution in [2.24, 2.45) is 10.9 Å². The number of carbonyl (C=O) groups excluding carboxylic acids is 1. The minimum Gasteiger partial charge on any atom is -0.388 e. The maximum Gasteiger partial charge on any atom is 0.204 e. The minimum atomic E-state index is -1.50. The Morgan fingerprint density at radius 3 is 1.94 bits per heavy atom. The number of primary amides is 1. The van der Waals surface area contributed by atoms with Crippen molar-refractivity contribution >= 4 is 65.8 Å². The number of thiazole rings is 1. The van der Waals surface area contributed by atoms with Crippen LogP contribution in [0.4, 0.5) is 5.69 Å². The lowest BCUT2D eigenvalue weighted by atomic mass is 9.48. The highest BCUT2D eigenvalue weighted by Crippen LogP contribution is 2.48. The molecule has 1 amide bonds. The number of nitrogens with one attached hydrogen (secondary N) is 1. The first-order valence-corrected chi connectivity index (χ1v) is 12.3. The molecule has 0 fully saturated rings. The first kappa shape index (κ1) is 27.7. The molecule has 7 nitrogen and oxygen atoms in total. The number of fused-ring (bicyclic) bond motifs is 2. The van der Waals surface area contributed by atoms with E-state index in [1.807, 2.05) is 7.05 Å². The van der Waals surface area contributed by atoms with Crippen LogP contribution in [0.1, 0.15) is 54.0 Å². The predicted octanol–water partition coefficient (Wildman–Crippen LogP) is 0.0536. The van der Waals surface area contributed by atoms with E-state index < -0.39 is 27.0 Å². The molecule has 1 heterocycles. The van der Waals surface area contributed by atoms with Gasteiger partial charge in [-0.3, -0.25) is 4.79 Å². The monoisotopic (exact) mass is 478 g/mol. The van der Waals surface area contributed by atoms with Gasteiger partial charge < -0.3 is 16.2 Å². The van der Waals surface area contributed by atoms with E-state index in [0.717, 1.165) is 53.8 Å². The van der Waals surface area contributed by atoms with Crippen LogP contribution < -0.4 is 16.2 Å². The molecular weight excluding hydrogens is 452 g/mol. The molecule has 0 aliphatic heterocycles. The number of rotatable bonds is 3. The lowest BCUT2D eigenvalue weighted by Gasteiger charge is -2.30. The van der Waals surface area contributed by atoms with Gasteiger partial charge in [-0.25, -0.2) is 14.3 Å². The summed E-state index contributed by atoms with van der Waals surface area (Å²) in [7, 11) is 25.2. The van der Waals surface area contributed by atoms with Gasteiger partial charge in [-0.1, -0.05) is 29.3 Å². The molecule has 0 spiro atoms. The molecule has 1 unspecified atom stereocenters. The maximum absolute atomic E-state index is 10.8. The molecule has 6 N–H and O–H groups in total. The molecule has 1 aromatic heterocycles. The van der Waals surface area contributed by atoms with Gasteiger partial charge in [0.05, 0.1) is 37.6 Å². The molecule has 0 saturated heterocycles. The Morgan fingerprint density at radius 1 is 1.18 bits per heavy atom. The molecule has 8 radical (unpaired) electrons. The standard InChI is InChI=1S/C13H13B4N.C6H10N2O2S2.CH3NO/c1-18-11-9-7(2-4-12(9,14)15)6-8-3-5-13(16,17)10(8)11;1-6(2,9)5-8-3-4(11-5)12(7)10;2-1-3/h6,18H,2-5H2,1H3;3,9H,7H2,1-2H3;1H,(H2,2,3). The Bertz CT molecular complexity index is 997. The first-order chi connectivity index (χ1) is 15.2. The first-order valence-electron chi connectivity index (χ1n) is 10.2. The predicted molar refractivity (Wildman–Crippen MR) is 137 cm³/mol. The van der Waals surface area contributed by atoms with E-state index in [2.05, 4.69) is 22.1 Å². The van der Waals surface area contributed by atoms with E-state index in [1.54, 1.807) is 13.8 Å². The van der Waals surface area contributed by atoms with Gasteiger partial charge in [0.2, 0.25) is 6.41 Å². The smallest absolute Gasteiger partial charge is 0.204 e. The van der Waals surface area contributed by atoms with E-state index in [1.165, 1.54) is 17.3 Å². The van der Waals surface area contributed by atoms with Gasteiger partial charge in [0, 0.05) is 12.7 Å². The number of amides is 1. The Labute approximate surface area is 207 Å². The van der Waals surface area contributed by atoms with Crippen LogP contribution in [0, 0.1) is 0 Å². The summed E-state index contributed by atoms with van der Waals surface area (Å²) >= 11 is 1.16. The zero-order chi connectivity index (χ0) is 25.2. The summed E-state index contributed by atoms with van der Waals surface area (Å²) in [6.07, 6.45) is 5.05. The van der Waals surface area contributed by atoms with E-state index >= 15 is 0 Å². The van der Waals surface area contributed by atoms with Crippen LogP contribution in [0.2, 0.25) is 0 Å². The topological polar surface area (TPSA) is 131 Å². The average Bonchev–Trinajstić information content (AvgIpc) is 3.39. The number of nitrogens with zero attached hydrogens (tertiary/aromatic N) is 1. The second-order valence-corrected chi connectivity index (χ2v) is 11.0. The van der Waals surface area contributed by atoms with Gasteiger partial charge in [0.15, 0.2) is 0 Å². The van der Waals surface area contributed by atoms with Crippen LogP contribution in [0.3, 0.4) is 0 Å². The van der Waals surface area contributed by atoms with E-state index in [0.29, 0.717) is 9.22 Å². The van der Waals surface area contributed by atoms with Crippen molar-refractivity contribution in [3.63, 3.8) is 0 Å². The van der Waals surface area contributed by atoms with E-state index in [-0.39, 0.29) is 6.41 Å². The fraction of sp³-hybridized carbons (Fsp3) is 0.500. The van der Waals surface area contributed by atoms with Crippen LogP contribution in [0.25, 0.3) is 0 Å². The summed E-state index contributed by atoms with van der Waals surface area (Å²) < 4.78 is 11.2. The van der Waals surface area contributed by atoms with Gasteiger partial charge >= 0.3 is 0 Å². The molecule has 33 heavy (non-hydrogen) atoms. The molecule has 13 heteroatoms. The van der Waals surface area contributed by atoms with Crippen molar-refractivity contribution in [1.82, 2.24) is 4.98 Å². The molecule has 2 aliphatic rings. The number of aromatic nitrogens is 1. The highest BCUT2D eigenvalue weighted by Gasteiger charge is 2.38. The summed E-state index contributed by atoms with van der Waals surface area (Å²) in [4.78, 5) is 12.5. The van der Waals surface area contributed by atoms with Gasteiger partial charge in [-0.05, 0) is 48.9 Å². The normalized spacial score (nSPS) is 18.0. The minimum absolute atomic E-state index is 0.250. The summed E-state index contributed by atoms with van der Waals surface area (Å²) in [6, 6.07) is 2.19. The number of aliphatic hydroxyl groups is 1. The Morgan fingerprint density at radius 2 is 1.64 bits per heavy atom. The number of carbonyl (C=O) groups is 1. The maximum atomic E-state index is 10.8. The highest BCUT2D eigenvalue weighted by molar-refractivity contribution is 7.85. The molecule has 0 bridgehead atoms. The number of anilines is 1. The van der Waals surface area contributed by atoms with Gasteiger partial charge in [0.25, 0.3) is 0 Å². The Kier molecular flexibility index (Phi) is 8.71.